The number of amides is 1. The molecule has 2 aliphatic rings. The van der Waals surface area contributed by atoms with Crippen LogP contribution in [0.15, 0.2) is 36.8 Å². The van der Waals surface area contributed by atoms with Gasteiger partial charge in [0, 0.05) is 62.8 Å². The Balaban J connectivity index is 1.20. The molecule has 0 unspecified atom stereocenters. The molecule has 0 spiro atoms. The summed E-state index contributed by atoms with van der Waals surface area (Å²) in [5.41, 5.74) is 2.00. The number of halogens is 2. The predicted molar refractivity (Wildman–Crippen MR) is 138 cm³/mol. The molecule has 2 aromatic heterocycles. The summed E-state index contributed by atoms with van der Waals surface area (Å²) in [6.07, 6.45) is 8.14. The van der Waals surface area contributed by atoms with Crippen molar-refractivity contribution in [3.8, 4) is 11.5 Å². The number of carbonyl (C=O) groups is 1. The van der Waals surface area contributed by atoms with Gasteiger partial charge in [0.25, 0.3) is 5.91 Å². The highest BCUT2D eigenvalue weighted by Gasteiger charge is 2.35. The number of aromatic nitrogens is 4. The maximum atomic E-state index is 13.8. The first-order valence-electron chi connectivity index (χ1n) is 12.5. The molecule has 2 fully saturated rings. The van der Waals surface area contributed by atoms with Crippen LogP contribution in [0.4, 0.5) is 10.2 Å². The number of aryl methyl sites for hydroxylation is 1. The lowest BCUT2D eigenvalue weighted by Gasteiger charge is -2.47. The molecule has 0 aliphatic carbocycles. The van der Waals surface area contributed by atoms with E-state index in [9.17, 15) is 9.18 Å². The van der Waals surface area contributed by atoms with Crippen LogP contribution in [0.25, 0.3) is 11.5 Å². The van der Waals surface area contributed by atoms with Gasteiger partial charge in [-0.1, -0.05) is 18.5 Å². The number of nitrogens with one attached hydrogen (secondary N) is 1. The zero-order chi connectivity index (χ0) is 25.2. The normalized spacial score (nSPS) is 19.6. The Labute approximate surface area is 215 Å². The monoisotopic (exact) mass is 511 g/mol. The Morgan fingerprint density at radius 3 is 2.67 bits per heavy atom. The van der Waals surface area contributed by atoms with E-state index in [0.717, 1.165) is 61.9 Å². The molecule has 0 bridgehead atoms. The second-order valence-corrected chi connectivity index (χ2v) is 9.91. The summed E-state index contributed by atoms with van der Waals surface area (Å²) in [6, 6.07) is 5.10. The molecule has 1 aromatic carbocycles. The number of benzene rings is 1. The van der Waals surface area contributed by atoms with Crippen molar-refractivity contribution in [1.82, 2.24) is 29.7 Å². The Bertz CT molecular complexity index is 1210. The molecule has 8 nitrogen and oxygen atoms in total. The number of rotatable bonds is 5. The Morgan fingerprint density at radius 2 is 2.00 bits per heavy atom. The number of hydrogen-bond acceptors (Lipinski definition) is 6. The summed E-state index contributed by atoms with van der Waals surface area (Å²) in [7, 11) is 0. The van der Waals surface area contributed by atoms with Crippen molar-refractivity contribution in [3.63, 3.8) is 0 Å². The summed E-state index contributed by atoms with van der Waals surface area (Å²) >= 11 is 5.77. The van der Waals surface area contributed by atoms with E-state index in [-0.39, 0.29) is 10.9 Å². The van der Waals surface area contributed by atoms with Crippen molar-refractivity contribution in [1.29, 1.82) is 0 Å². The van der Waals surface area contributed by atoms with Crippen molar-refractivity contribution in [2.24, 2.45) is 0 Å². The molecule has 36 heavy (non-hydrogen) atoms. The molecule has 3 aromatic rings. The van der Waals surface area contributed by atoms with Crippen molar-refractivity contribution >= 4 is 23.3 Å². The fraction of sp³-hybridized carbons (Fsp3) is 0.462. The van der Waals surface area contributed by atoms with Gasteiger partial charge in [-0.2, -0.15) is 0 Å². The lowest BCUT2D eigenvalue weighted by atomic mass is 9.97. The average Bonchev–Trinajstić information content (AvgIpc) is 3.45. The molecule has 1 N–H and O–H groups in total. The van der Waals surface area contributed by atoms with Crippen molar-refractivity contribution in [3.05, 3.63) is 58.9 Å². The Morgan fingerprint density at radius 1 is 1.19 bits per heavy atom. The summed E-state index contributed by atoms with van der Waals surface area (Å²) in [5.74, 6) is 0.961. The van der Waals surface area contributed by atoms with E-state index < -0.39 is 5.82 Å². The van der Waals surface area contributed by atoms with E-state index in [2.05, 4.69) is 26.7 Å². The predicted octanol–water partition coefficient (Wildman–Crippen LogP) is 4.17. The maximum Gasteiger partial charge on any atom is 0.253 e. The van der Waals surface area contributed by atoms with E-state index in [0.29, 0.717) is 30.7 Å². The van der Waals surface area contributed by atoms with Gasteiger partial charge in [-0.25, -0.2) is 19.3 Å². The van der Waals surface area contributed by atoms with Crippen LogP contribution in [-0.2, 0) is 0 Å². The quantitative estimate of drug-likeness (QED) is 0.553. The van der Waals surface area contributed by atoms with Crippen LogP contribution in [-0.4, -0.2) is 80.5 Å². The van der Waals surface area contributed by atoms with Crippen LogP contribution in [0.1, 0.15) is 42.2 Å². The van der Waals surface area contributed by atoms with Crippen LogP contribution < -0.4 is 4.90 Å². The number of imidazole rings is 1. The molecular formula is C26H31ClFN7O. The van der Waals surface area contributed by atoms with Gasteiger partial charge >= 0.3 is 0 Å². The second kappa shape index (κ2) is 10.5. The molecule has 1 atom stereocenters. The van der Waals surface area contributed by atoms with Gasteiger partial charge in [0.15, 0.2) is 5.82 Å². The van der Waals surface area contributed by atoms with E-state index in [1.165, 1.54) is 12.1 Å². The lowest BCUT2D eigenvalue weighted by molar-refractivity contribution is 0.0490. The molecule has 0 saturated carbocycles. The van der Waals surface area contributed by atoms with Gasteiger partial charge in [-0.15, -0.1) is 0 Å². The second-order valence-electron chi connectivity index (χ2n) is 9.50. The SMILES string of the molecule is CC[C@H]1CN(c2ncc(-c3ncc[nH]3)nc2C)CCN1C1CCN(C(=O)c2ccc(Cl)c(F)c2)CC1. The number of anilines is 1. The first kappa shape index (κ1) is 24.6. The van der Waals surface area contributed by atoms with E-state index in [1.807, 2.05) is 11.8 Å². The lowest BCUT2D eigenvalue weighted by Crippen LogP contribution is -2.58. The molecule has 2 saturated heterocycles. The molecule has 4 heterocycles. The highest BCUT2D eigenvalue weighted by molar-refractivity contribution is 6.30. The fourth-order valence-electron chi connectivity index (χ4n) is 5.42. The Hall–Kier alpha value is -3.04. The van der Waals surface area contributed by atoms with Crippen LogP contribution in [0.5, 0.6) is 0 Å². The number of nitrogens with zero attached hydrogens (tertiary/aromatic N) is 6. The average molecular weight is 512 g/mol. The number of piperazine rings is 1. The minimum atomic E-state index is -0.559. The van der Waals surface area contributed by atoms with Crippen LogP contribution in [0.2, 0.25) is 5.02 Å². The summed E-state index contributed by atoms with van der Waals surface area (Å²) in [6.45, 7) is 8.30. The molecule has 2 aliphatic heterocycles. The molecule has 190 valence electrons. The minimum absolute atomic E-state index is 0.0321. The minimum Gasteiger partial charge on any atom is -0.352 e. The maximum absolute atomic E-state index is 13.8. The summed E-state index contributed by atoms with van der Waals surface area (Å²) in [4.78, 5) is 36.5. The molecule has 10 heteroatoms. The molecule has 0 radical (unpaired) electrons. The van der Waals surface area contributed by atoms with Crippen molar-refractivity contribution in [2.45, 2.75) is 45.2 Å². The van der Waals surface area contributed by atoms with Gasteiger partial charge < -0.3 is 14.8 Å². The zero-order valence-corrected chi connectivity index (χ0v) is 21.4. The number of carbonyl (C=O) groups excluding carboxylic acids is 1. The third-order valence-electron chi connectivity index (χ3n) is 7.35. The highest BCUT2D eigenvalue weighted by Crippen LogP contribution is 2.28. The number of H-pyrrole nitrogens is 1. The number of likely N-dealkylation sites (tertiary alicyclic amines) is 1. The topological polar surface area (TPSA) is 81.2 Å². The largest absolute Gasteiger partial charge is 0.352 e. The Kier molecular flexibility index (Phi) is 7.20. The molecular weight excluding hydrogens is 481 g/mol. The number of aromatic amines is 1. The number of piperidine rings is 1. The van der Waals surface area contributed by atoms with Gasteiger partial charge in [0.05, 0.1) is 16.9 Å². The third kappa shape index (κ3) is 4.95. The first-order chi connectivity index (χ1) is 17.4. The zero-order valence-electron chi connectivity index (χ0n) is 20.6. The highest BCUT2D eigenvalue weighted by atomic mass is 35.5. The van der Waals surface area contributed by atoms with Gasteiger partial charge in [-0.3, -0.25) is 9.69 Å². The van der Waals surface area contributed by atoms with Gasteiger partial charge in [0.2, 0.25) is 0 Å². The summed E-state index contributed by atoms with van der Waals surface area (Å²) in [5, 5.41) is 0.0321. The van der Waals surface area contributed by atoms with E-state index in [1.54, 1.807) is 24.7 Å². The van der Waals surface area contributed by atoms with Gasteiger partial charge in [-0.05, 0) is 44.4 Å². The van der Waals surface area contributed by atoms with Crippen molar-refractivity contribution in [2.75, 3.05) is 37.6 Å². The third-order valence-corrected chi connectivity index (χ3v) is 7.65. The molecule has 5 rings (SSSR count). The van der Waals surface area contributed by atoms with Gasteiger partial charge in [0.1, 0.15) is 17.3 Å². The fourth-order valence-corrected chi connectivity index (χ4v) is 5.54. The first-order valence-corrected chi connectivity index (χ1v) is 12.9. The van der Waals surface area contributed by atoms with Crippen LogP contribution in [0, 0.1) is 12.7 Å². The van der Waals surface area contributed by atoms with E-state index in [4.69, 9.17) is 21.6 Å². The van der Waals surface area contributed by atoms with Crippen molar-refractivity contribution < 1.29 is 9.18 Å². The summed E-state index contributed by atoms with van der Waals surface area (Å²) < 4.78 is 13.8. The van der Waals surface area contributed by atoms with Crippen LogP contribution in [0.3, 0.4) is 0 Å². The molecule has 1 amide bonds. The standard InChI is InChI=1S/C26H31ClFN7O/c1-3-19-16-34(25-17(2)32-23(15-31-25)24-29-8-9-30-24)12-13-35(19)20-6-10-33(11-7-20)26(36)18-4-5-21(27)22(28)14-18/h4-5,8-9,14-15,19-20H,3,6-7,10-13,16H2,1-2H3,(H,29,30)/t19-/m0/s1. The number of hydrogen-bond donors (Lipinski definition) is 1. The smallest absolute Gasteiger partial charge is 0.253 e. The van der Waals surface area contributed by atoms with Crippen LogP contribution >= 0.6 is 11.6 Å². The van der Waals surface area contributed by atoms with E-state index >= 15 is 0 Å².